The van der Waals surface area contributed by atoms with Crippen molar-refractivity contribution in [1.29, 1.82) is 0 Å². The molecular formula is C28H50. The van der Waals surface area contributed by atoms with Gasteiger partial charge in [0.1, 0.15) is 0 Å². The minimum atomic E-state index is 0.901. The third-order valence-corrected chi connectivity index (χ3v) is 8.98. The summed E-state index contributed by atoms with van der Waals surface area (Å²) in [6.45, 7) is 4.54. The minimum Gasteiger partial charge on any atom is -0.0914 e. The molecule has 0 heterocycles. The van der Waals surface area contributed by atoms with Crippen LogP contribution in [0.25, 0.3) is 0 Å². The van der Waals surface area contributed by atoms with Gasteiger partial charge in [-0.2, -0.15) is 0 Å². The molecule has 0 unspecified atom stereocenters. The zero-order valence-electron chi connectivity index (χ0n) is 19.3. The predicted molar refractivity (Wildman–Crippen MR) is 125 cm³/mol. The zero-order chi connectivity index (χ0) is 19.6. The first-order chi connectivity index (χ1) is 13.8. The van der Waals surface area contributed by atoms with Crippen molar-refractivity contribution in [2.75, 3.05) is 0 Å². The second kappa shape index (κ2) is 12.4. The van der Waals surface area contributed by atoms with E-state index in [0.29, 0.717) is 0 Å². The summed E-state index contributed by atoms with van der Waals surface area (Å²) < 4.78 is 0. The predicted octanol–water partition coefficient (Wildman–Crippen LogP) is 9.34. The summed E-state index contributed by atoms with van der Waals surface area (Å²) in [5, 5.41) is 0. The van der Waals surface area contributed by atoms with Crippen LogP contribution in [0.15, 0.2) is 12.2 Å². The number of hydrogen-bond donors (Lipinski definition) is 0. The van der Waals surface area contributed by atoms with Crippen LogP contribution in [0.5, 0.6) is 0 Å². The maximum absolute atomic E-state index is 2.45. The van der Waals surface area contributed by atoms with Gasteiger partial charge in [-0.25, -0.2) is 0 Å². The molecule has 0 heteroatoms. The van der Waals surface area contributed by atoms with Gasteiger partial charge in [0.25, 0.3) is 0 Å². The molecule has 3 aliphatic rings. The Labute approximate surface area is 177 Å². The Hall–Kier alpha value is -0.260. The van der Waals surface area contributed by atoms with E-state index in [1.54, 1.807) is 57.8 Å². The van der Waals surface area contributed by atoms with Gasteiger partial charge in [0.15, 0.2) is 0 Å². The van der Waals surface area contributed by atoms with Crippen molar-refractivity contribution in [3.8, 4) is 0 Å². The van der Waals surface area contributed by atoms with E-state index in [2.05, 4.69) is 26.0 Å². The Balaban J connectivity index is 1.22. The summed E-state index contributed by atoms with van der Waals surface area (Å²) in [6.07, 6.45) is 32.1. The summed E-state index contributed by atoms with van der Waals surface area (Å²) in [5.41, 5.74) is 0. The average molecular weight is 387 g/mol. The first-order valence-corrected chi connectivity index (χ1v) is 13.4. The zero-order valence-corrected chi connectivity index (χ0v) is 19.3. The van der Waals surface area contributed by atoms with Crippen molar-refractivity contribution in [2.24, 2.45) is 35.5 Å². The maximum atomic E-state index is 2.45. The van der Waals surface area contributed by atoms with Gasteiger partial charge in [-0.15, -0.1) is 0 Å². The molecule has 0 saturated heterocycles. The lowest BCUT2D eigenvalue weighted by Gasteiger charge is -2.38. The fourth-order valence-corrected chi connectivity index (χ4v) is 7.11. The molecular weight excluding hydrogens is 336 g/mol. The summed E-state index contributed by atoms with van der Waals surface area (Å²) in [5.74, 6) is 6.32. The van der Waals surface area contributed by atoms with Crippen molar-refractivity contribution < 1.29 is 0 Å². The van der Waals surface area contributed by atoms with Gasteiger partial charge >= 0.3 is 0 Å². The highest BCUT2D eigenvalue weighted by Gasteiger charge is 2.30. The van der Waals surface area contributed by atoms with Gasteiger partial charge in [0.05, 0.1) is 0 Å². The molecule has 0 aromatic heterocycles. The van der Waals surface area contributed by atoms with Crippen LogP contribution in [-0.2, 0) is 0 Å². The third kappa shape index (κ3) is 7.21. The first-order valence-electron chi connectivity index (χ1n) is 13.4. The lowest BCUT2D eigenvalue weighted by molar-refractivity contribution is 0.140. The van der Waals surface area contributed by atoms with Crippen molar-refractivity contribution >= 4 is 0 Å². The van der Waals surface area contributed by atoms with E-state index >= 15 is 0 Å². The van der Waals surface area contributed by atoms with Gasteiger partial charge in [0.2, 0.25) is 0 Å². The van der Waals surface area contributed by atoms with E-state index in [9.17, 15) is 0 Å². The third-order valence-electron chi connectivity index (χ3n) is 8.98. The number of rotatable bonds is 9. The van der Waals surface area contributed by atoms with E-state index in [1.165, 1.54) is 57.8 Å². The van der Waals surface area contributed by atoms with Gasteiger partial charge in [-0.1, -0.05) is 83.3 Å². The van der Waals surface area contributed by atoms with E-state index in [-0.39, 0.29) is 0 Å². The van der Waals surface area contributed by atoms with E-state index in [0.717, 1.165) is 35.5 Å². The topological polar surface area (TPSA) is 0 Å². The highest BCUT2D eigenvalue weighted by Crippen LogP contribution is 2.43. The van der Waals surface area contributed by atoms with Crippen LogP contribution in [0, 0.1) is 35.5 Å². The van der Waals surface area contributed by atoms with Crippen molar-refractivity contribution in [1.82, 2.24) is 0 Å². The SMILES string of the molecule is CC=CC1CCC(CCCCC2CCC(C3CCC(CCC)CC3)CC2)CC1. The van der Waals surface area contributed by atoms with Crippen LogP contribution < -0.4 is 0 Å². The Bertz CT molecular complexity index is 411. The molecule has 0 radical (unpaired) electrons. The van der Waals surface area contributed by atoms with Gasteiger partial charge < -0.3 is 0 Å². The van der Waals surface area contributed by atoms with Crippen LogP contribution in [0.3, 0.4) is 0 Å². The molecule has 0 aliphatic heterocycles. The smallest absolute Gasteiger partial charge is 0.0233 e. The van der Waals surface area contributed by atoms with Crippen LogP contribution in [0.4, 0.5) is 0 Å². The Morgan fingerprint density at radius 2 is 1.00 bits per heavy atom. The van der Waals surface area contributed by atoms with E-state index in [4.69, 9.17) is 0 Å². The van der Waals surface area contributed by atoms with Crippen LogP contribution in [-0.4, -0.2) is 0 Å². The van der Waals surface area contributed by atoms with Gasteiger partial charge in [-0.3, -0.25) is 0 Å². The highest BCUT2D eigenvalue weighted by atomic mass is 14.4. The van der Waals surface area contributed by atoms with Crippen LogP contribution in [0.2, 0.25) is 0 Å². The molecule has 0 aromatic carbocycles. The highest BCUT2D eigenvalue weighted by molar-refractivity contribution is 4.88. The van der Waals surface area contributed by atoms with Crippen molar-refractivity contribution in [3.63, 3.8) is 0 Å². The van der Waals surface area contributed by atoms with Crippen LogP contribution in [0.1, 0.15) is 129 Å². The molecule has 162 valence electrons. The summed E-state index contributed by atoms with van der Waals surface area (Å²) in [6, 6.07) is 0. The number of hydrogen-bond acceptors (Lipinski definition) is 0. The quantitative estimate of drug-likeness (QED) is 0.273. The van der Waals surface area contributed by atoms with Crippen LogP contribution >= 0.6 is 0 Å². The monoisotopic (exact) mass is 386 g/mol. The normalized spacial score (nSPS) is 37.4. The maximum Gasteiger partial charge on any atom is -0.0233 e. The lowest BCUT2D eigenvalue weighted by atomic mass is 9.68. The molecule has 0 atom stereocenters. The molecule has 3 rings (SSSR count). The van der Waals surface area contributed by atoms with Crippen molar-refractivity contribution in [3.05, 3.63) is 12.2 Å². The Morgan fingerprint density at radius 1 is 0.571 bits per heavy atom. The molecule has 0 nitrogen and oxygen atoms in total. The Kier molecular flexibility index (Phi) is 9.96. The van der Waals surface area contributed by atoms with E-state index in [1.807, 2.05) is 0 Å². The second-order valence-corrected chi connectivity index (χ2v) is 10.9. The van der Waals surface area contributed by atoms with Crippen molar-refractivity contribution in [2.45, 2.75) is 129 Å². The molecule has 0 spiro atoms. The summed E-state index contributed by atoms with van der Waals surface area (Å²) >= 11 is 0. The molecule has 3 fully saturated rings. The first kappa shape index (κ1) is 22.4. The van der Waals surface area contributed by atoms with E-state index < -0.39 is 0 Å². The Morgan fingerprint density at radius 3 is 1.43 bits per heavy atom. The molecule has 3 aliphatic carbocycles. The van der Waals surface area contributed by atoms with Gasteiger partial charge in [-0.05, 0) is 93.8 Å². The molecule has 0 N–H and O–H groups in total. The number of allylic oxidation sites excluding steroid dienone is 2. The molecule has 0 bridgehead atoms. The standard InChI is InChI=1S/C28H50/c1-3-7-23-11-13-25(14-12-23)9-5-6-10-26-17-21-28(22-18-26)27-19-15-24(8-4-2)16-20-27/h3,7,23-28H,4-6,8-22H2,1-2H3. The molecule has 28 heavy (non-hydrogen) atoms. The summed E-state index contributed by atoms with van der Waals surface area (Å²) in [7, 11) is 0. The molecule has 0 aromatic rings. The molecule has 0 amide bonds. The largest absolute Gasteiger partial charge is 0.0914 e. The number of unbranched alkanes of at least 4 members (excludes halogenated alkanes) is 1. The fraction of sp³-hybridized carbons (Fsp3) is 0.929. The van der Waals surface area contributed by atoms with Gasteiger partial charge in [0, 0.05) is 0 Å². The molecule has 3 saturated carbocycles. The average Bonchev–Trinajstić information content (AvgIpc) is 2.74. The lowest BCUT2D eigenvalue weighted by Crippen LogP contribution is -2.25. The fourth-order valence-electron chi connectivity index (χ4n) is 7.11. The minimum absolute atomic E-state index is 0.901. The second-order valence-electron chi connectivity index (χ2n) is 10.9. The summed E-state index contributed by atoms with van der Waals surface area (Å²) in [4.78, 5) is 0.